The summed E-state index contributed by atoms with van der Waals surface area (Å²) in [6, 6.07) is 13.7. The normalized spacial score (nSPS) is 13.7. The predicted molar refractivity (Wildman–Crippen MR) is 117 cm³/mol. The summed E-state index contributed by atoms with van der Waals surface area (Å²) in [5, 5.41) is 10.2. The summed E-state index contributed by atoms with van der Waals surface area (Å²) < 4.78 is 11.2. The van der Waals surface area contributed by atoms with Crippen molar-refractivity contribution in [2.45, 2.75) is 26.9 Å². The van der Waals surface area contributed by atoms with Gasteiger partial charge in [-0.2, -0.15) is 5.26 Å². The molecule has 0 aliphatic carbocycles. The van der Waals surface area contributed by atoms with Gasteiger partial charge in [-0.25, -0.2) is 4.98 Å². The standard InChI is InChI=1S/C22H21Cl3N2O3/c1-13(2)21(14(3)11-19(24)25)22(28)30-18(12-26)17-5-4-6-20(27-17)29-16-9-7-15(23)8-10-16/h4-11,13-14,18,21H,1-3H3. The molecule has 0 spiro atoms. The van der Waals surface area contributed by atoms with Crippen molar-refractivity contribution in [3.63, 3.8) is 0 Å². The van der Waals surface area contributed by atoms with Gasteiger partial charge in [0.25, 0.3) is 0 Å². The molecule has 8 heteroatoms. The first-order chi connectivity index (χ1) is 14.2. The van der Waals surface area contributed by atoms with Crippen LogP contribution in [0.25, 0.3) is 0 Å². The summed E-state index contributed by atoms with van der Waals surface area (Å²) in [6.07, 6.45) is 0.394. The first-order valence-corrected chi connectivity index (χ1v) is 10.4. The van der Waals surface area contributed by atoms with Crippen molar-refractivity contribution in [1.29, 1.82) is 5.26 Å². The van der Waals surface area contributed by atoms with Crippen LogP contribution < -0.4 is 4.74 Å². The van der Waals surface area contributed by atoms with E-state index in [1.165, 1.54) is 0 Å². The molecule has 3 atom stereocenters. The molecule has 5 nitrogen and oxygen atoms in total. The maximum atomic E-state index is 12.8. The molecule has 0 fully saturated rings. The second-order valence-electron chi connectivity index (χ2n) is 6.99. The van der Waals surface area contributed by atoms with Gasteiger partial charge in [-0.1, -0.05) is 67.7 Å². The number of benzene rings is 1. The minimum Gasteiger partial charge on any atom is -0.440 e. The number of halogens is 3. The van der Waals surface area contributed by atoms with Gasteiger partial charge in [-0.3, -0.25) is 4.79 Å². The molecule has 2 rings (SSSR count). The lowest BCUT2D eigenvalue weighted by molar-refractivity contribution is -0.155. The van der Waals surface area contributed by atoms with Gasteiger partial charge < -0.3 is 9.47 Å². The highest BCUT2D eigenvalue weighted by molar-refractivity contribution is 6.55. The number of carbonyl (C=O) groups is 1. The highest BCUT2D eigenvalue weighted by atomic mass is 35.5. The van der Waals surface area contributed by atoms with Crippen molar-refractivity contribution in [2.24, 2.45) is 17.8 Å². The van der Waals surface area contributed by atoms with Gasteiger partial charge in [0, 0.05) is 11.1 Å². The molecular weight excluding hydrogens is 447 g/mol. The van der Waals surface area contributed by atoms with Crippen LogP contribution in [0.3, 0.4) is 0 Å². The second kappa shape index (κ2) is 11.2. The molecule has 1 aromatic carbocycles. The van der Waals surface area contributed by atoms with Crippen LogP contribution in [0, 0.1) is 29.1 Å². The monoisotopic (exact) mass is 466 g/mol. The van der Waals surface area contributed by atoms with Crippen LogP contribution >= 0.6 is 34.8 Å². The van der Waals surface area contributed by atoms with Crippen LogP contribution in [0.15, 0.2) is 53.0 Å². The Balaban J connectivity index is 2.18. The fourth-order valence-electron chi connectivity index (χ4n) is 3.00. The molecule has 0 saturated heterocycles. The molecule has 1 aromatic heterocycles. The van der Waals surface area contributed by atoms with Crippen LogP contribution in [-0.4, -0.2) is 11.0 Å². The van der Waals surface area contributed by atoms with Gasteiger partial charge in [-0.15, -0.1) is 0 Å². The summed E-state index contributed by atoms with van der Waals surface area (Å²) >= 11 is 17.3. The number of nitrogens with zero attached hydrogens (tertiary/aromatic N) is 2. The maximum absolute atomic E-state index is 12.8. The zero-order chi connectivity index (χ0) is 22.3. The van der Waals surface area contributed by atoms with E-state index >= 15 is 0 Å². The average Bonchev–Trinajstić information content (AvgIpc) is 2.67. The first-order valence-electron chi connectivity index (χ1n) is 9.24. The van der Waals surface area contributed by atoms with Gasteiger partial charge in [0.1, 0.15) is 16.3 Å². The van der Waals surface area contributed by atoms with Gasteiger partial charge in [0.05, 0.1) is 11.6 Å². The van der Waals surface area contributed by atoms with Gasteiger partial charge >= 0.3 is 5.97 Å². The molecule has 0 saturated carbocycles. The third-order valence-corrected chi connectivity index (χ3v) is 4.85. The molecule has 0 radical (unpaired) electrons. The second-order valence-corrected chi connectivity index (χ2v) is 8.43. The average molecular weight is 468 g/mol. The SMILES string of the molecule is CC(C)C(C(=O)OC(C#N)c1cccc(Oc2ccc(Cl)cc2)n1)C(C)C=C(Cl)Cl. The molecule has 0 bridgehead atoms. The van der Waals surface area contributed by atoms with E-state index in [2.05, 4.69) is 4.98 Å². The third-order valence-electron chi connectivity index (χ3n) is 4.35. The molecule has 0 amide bonds. The molecule has 158 valence electrons. The predicted octanol–water partition coefficient (Wildman–Crippen LogP) is 6.86. The number of esters is 1. The zero-order valence-electron chi connectivity index (χ0n) is 16.7. The fourth-order valence-corrected chi connectivity index (χ4v) is 3.52. The van der Waals surface area contributed by atoms with Gasteiger partial charge in [0.2, 0.25) is 12.0 Å². The van der Waals surface area contributed by atoms with Crippen molar-refractivity contribution in [2.75, 3.05) is 0 Å². The Bertz CT molecular complexity index is 935. The Hall–Kier alpha value is -2.26. The molecule has 0 aliphatic heterocycles. The lowest BCUT2D eigenvalue weighted by Crippen LogP contribution is -2.29. The first kappa shape index (κ1) is 24.0. The molecule has 0 N–H and O–H groups in total. The van der Waals surface area contributed by atoms with Crippen LogP contribution in [0.2, 0.25) is 5.02 Å². The summed E-state index contributed by atoms with van der Waals surface area (Å²) in [4.78, 5) is 17.1. The quantitative estimate of drug-likeness (QED) is 0.396. The number of ether oxygens (including phenoxy) is 2. The smallest absolute Gasteiger partial charge is 0.311 e. The molecule has 2 aromatic rings. The topological polar surface area (TPSA) is 72.2 Å². The Morgan fingerprint density at radius 1 is 1.13 bits per heavy atom. The Kier molecular flexibility index (Phi) is 8.98. The molecular formula is C22H21Cl3N2O3. The summed E-state index contributed by atoms with van der Waals surface area (Å²) in [7, 11) is 0. The number of hydrogen-bond donors (Lipinski definition) is 0. The van der Waals surface area contributed by atoms with Crippen molar-refractivity contribution >= 4 is 40.8 Å². The summed E-state index contributed by atoms with van der Waals surface area (Å²) in [6.45, 7) is 5.59. The number of allylic oxidation sites excluding steroid dienone is 1. The van der Waals surface area contributed by atoms with E-state index in [0.717, 1.165) is 0 Å². The zero-order valence-corrected chi connectivity index (χ0v) is 18.9. The Morgan fingerprint density at radius 3 is 2.37 bits per heavy atom. The molecule has 1 heterocycles. The van der Waals surface area contributed by atoms with E-state index in [9.17, 15) is 10.1 Å². The molecule has 30 heavy (non-hydrogen) atoms. The van der Waals surface area contributed by atoms with Gasteiger partial charge in [0.15, 0.2) is 0 Å². The Morgan fingerprint density at radius 2 is 1.80 bits per heavy atom. The molecule has 3 unspecified atom stereocenters. The van der Waals surface area contributed by atoms with Crippen molar-refractivity contribution in [3.8, 4) is 17.7 Å². The van der Waals surface area contributed by atoms with E-state index in [1.807, 2.05) is 26.8 Å². The van der Waals surface area contributed by atoms with Crippen LogP contribution in [-0.2, 0) is 9.53 Å². The summed E-state index contributed by atoms with van der Waals surface area (Å²) in [5.41, 5.74) is 0.262. The Labute approximate surface area is 191 Å². The highest BCUT2D eigenvalue weighted by Crippen LogP contribution is 2.29. The number of rotatable bonds is 8. The number of nitriles is 1. The minimum atomic E-state index is -1.19. The number of pyridine rings is 1. The minimum absolute atomic E-state index is 0.0525. The van der Waals surface area contributed by atoms with E-state index < -0.39 is 18.0 Å². The van der Waals surface area contributed by atoms with Gasteiger partial charge in [-0.05, 0) is 42.2 Å². The highest BCUT2D eigenvalue weighted by Gasteiger charge is 2.31. The molecule has 0 aliphatic rings. The number of carbonyl (C=O) groups excluding carboxylic acids is 1. The summed E-state index contributed by atoms with van der Waals surface area (Å²) in [5.74, 6) is -0.579. The van der Waals surface area contributed by atoms with E-state index in [0.29, 0.717) is 10.8 Å². The van der Waals surface area contributed by atoms with Crippen LogP contribution in [0.5, 0.6) is 11.6 Å². The largest absolute Gasteiger partial charge is 0.440 e. The number of aromatic nitrogens is 1. The van der Waals surface area contributed by atoms with E-state index in [-0.39, 0.29) is 27.9 Å². The van der Waals surface area contributed by atoms with E-state index in [1.54, 1.807) is 48.5 Å². The third kappa shape index (κ3) is 6.91. The maximum Gasteiger partial charge on any atom is 0.311 e. The van der Waals surface area contributed by atoms with Crippen molar-refractivity contribution < 1.29 is 14.3 Å². The van der Waals surface area contributed by atoms with Crippen molar-refractivity contribution in [1.82, 2.24) is 4.98 Å². The fraction of sp³-hybridized carbons (Fsp3) is 0.318. The van der Waals surface area contributed by atoms with Crippen LogP contribution in [0.4, 0.5) is 0 Å². The van der Waals surface area contributed by atoms with E-state index in [4.69, 9.17) is 44.3 Å². The lowest BCUT2D eigenvalue weighted by atomic mass is 9.84. The van der Waals surface area contributed by atoms with Crippen molar-refractivity contribution in [3.05, 3.63) is 63.7 Å². The van der Waals surface area contributed by atoms with Crippen LogP contribution in [0.1, 0.15) is 32.6 Å². The lowest BCUT2D eigenvalue weighted by Gasteiger charge is -2.24. The number of hydrogen-bond acceptors (Lipinski definition) is 5.